The molecule has 0 aromatic heterocycles. The van der Waals surface area contributed by atoms with E-state index in [2.05, 4.69) is 140 Å². The zero-order chi connectivity index (χ0) is 30.5. The number of hydrogen-bond donors (Lipinski definition) is 0. The first-order valence-electron chi connectivity index (χ1n) is 14.9. The molecule has 0 saturated carbocycles. The number of fused-ring (bicyclic) bond motifs is 3. The van der Waals surface area contributed by atoms with Crippen molar-refractivity contribution in [3.8, 4) is 11.1 Å². The second-order valence-corrected chi connectivity index (χ2v) is 18.9. The molecule has 0 fully saturated rings. The Morgan fingerprint density at radius 1 is 0.659 bits per heavy atom. The van der Waals surface area contributed by atoms with Crippen LogP contribution in [-0.4, -0.2) is 5.43 Å². The van der Waals surface area contributed by atoms with E-state index in [4.69, 9.17) is 0 Å². The molecule has 0 spiro atoms. The summed E-state index contributed by atoms with van der Waals surface area (Å²) in [5, 5.41) is 3.03. The van der Waals surface area contributed by atoms with Crippen molar-refractivity contribution in [3.63, 3.8) is 0 Å². The average Bonchev–Trinajstić information content (AvgIpc) is 3.63. The fourth-order valence-corrected chi connectivity index (χ4v) is 9.56. The zero-order valence-electron chi connectivity index (χ0n) is 27.4. The van der Waals surface area contributed by atoms with Crippen molar-refractivity contribution >= 4 is 15.8 Å². The molecule has 6 rings (SSSR count). The Kier molecular flexibility index (Phi) is 14.3. The van der Waals surface area contributed by atoms with Crippen molar-refractivity contribution in [1.29, 1.82) is 0 Å². The molecule has 1 aliphatic rings. The van der Waals surface area contributed by atoms with Crippen LogP contribution in [-0.2, 0) is 40.6 Å². The van der Waals surface area contributed by atoms with E-state index in [-0.39, 0.29) is 35.6 Å². The molecular formula is C40H44Cl2SiZr-2. The molecule has 0 atom stereocenters. The van der Waals surface area contributed by atoms with E-state index in [1.807, 2.05) is 30.3 Å². The third kappa shape index (κ3) is 9.70. The zero-order valence-corrected chi connectivity index (χ0v) is 32.3. The van der Waals surface area contributed by atoms with E-state index >= 15 is 0 Å². The molecule has 1 aliphatic carbocycles. The minimum atomic E-state index is -0.455. The van der Waals surface area contributed by atoms with Crippen LogP contribution >= 0.6 is 0 Å². The third-order valence-corrected chi connectivity index (χ3v) is 13.8. The minimum absolute atomic E-state index is 0. The first kappa shape index (κ1) is 38.1. The van der Waals surface area contributed by atoms with Crippen molar-refractivity contribution in [2.75, 3.05) is 0 Å². The number of halogens is 2. The summed E-state index contributed by atoms with van der Waals surface area (Å²) < 4.78 is 0. The van der Waals surface area contributed by atoms with Gasteiger partial charge in [0.05, 0.1) is 0 Å². The Labute approximate surface area is 294 Å². The molecule has 0 radical (unpaired) electrons. The first-order valence-corrected chi connectivity index (χ1v) is 20.1. The quantitative estimate of drug-likeness (QED) is 0.191. The van der Waals surface area contributed by atoms with Gasteiger partial charge in [0.2, 0.25) is 0 Å². The molecule has 0 amide bonds. The summed E-state index contributed by atoms with van der Waals surface area (Å²) >= 11 is 1.64. The molecule has 0 nitrogen and oxygen atoms in total. The molecule has 44 heavy (non-hydrogen) atoms. The Balaban J connectivity index is 0.000000273. The van der Waals surface area contributed by atoms with Crippen LogP contribution in [0.4, 0.5) is 0 Å². The summed E-state index contributed by atoms with van der Waals surface area (Å²) in [5.41, 5.74) is 11.2. The fourth-order valence-electron chi connectivity index (χ4n) is 5.72. The van der Waals surface area contributed by atoms with Crippen molar-refractivity contribution in [1.82, 2.24) is 0 Å². The maximum Gasteiger partial charge on any atom is -0.172 e. The van der Waals surface area contributed by atoms with Gasteiger partial charge in [0.1, 0.15) is 0 Å². The number of hydrogen-bond acceptors (Lipinski definition) is 0. The van der Waals surface area contributed by atoms with Crippen molar-refractivity contribution in [2.24, 2.45) is 0 Å². The molecule has 4 heteroatoms. The van der Waals surface area contributed by atoms with Gasteiger partial charge in [0.15, 0.2) is 0 Å². The van der Waals surface area contributed by atoms with Crippen LogP contribution in [0.3, 0.4) is 0 Å². The topological polar surface area (TPSA) is 0 Å². The van der Waals surface area contributed by atoms with Gasteiger partial charge in [0.25, 0.3) is 0 Å². The largest absolute Gasteiger partial charge is 0.214 e. The standard InChI is InChI=1S/C23H29.C12H10Si.C5H5.2ClH.Zr/c1-14-9-16-11-17-10-15(2)21(23(6,7)8)13-19(17)18(16)12-20(14)22(3,4)5;1-3-7-11(8-4-1)13-12-9-5-2-6-10-12;1-2-4-5-3-1;;;/h9,12-13H,11H2,1-8H3;1-10H;1-5H;2*1H;/q-1;;-1;;;+2/p-2. The number of aryl methyl sites for hydroxylation is 2. The SMILES string of the molecule is Cc1[c-]c2c(cc1C(C)(C)C)-c1cc(C(C)(C)C)c(C)cc1C2.[Cl-].[Cl-].[Zr+2]=[Si](c1ccccc1)c1ccccc1.c1cc[cH-]c1. The normalized spacial score (nSPS) is 11.3. The molecule has 0 unspecified atom stereocenters. The van der Waals surface area contributed by atoms with Crippen LogP contribution in [0, 0.1) is 19.9 Å². The summed E-state index contributed by atoms with van der Waals surface area (Å²) in [6.07, 6.45) is 1.03. The van der Waals surface area contributed by atoms with Crippen LogP contribution in [0.1, 0.15) is 74.9 Å². The molecular weight excluding hydrogens is 671 g/mol. The maximum atomic E-state index is 3.69. The molecule has 0 aliphatic heterocycles. The predicted octanol–water partition coefficient (Wildman–Crippen LogP) is 3.02. The Bertz CT molecular complexity index is 1500. The summed E-state index contributed by atoms with van der Waals surface area (Å²) in [6, 6.07) is 42.6. The van der Waals surface area contributed by atoms with Gasteiger partial charge in [-0.2, -0.15) is 35.9 Å². The molecule has 5 aromatic rings. The van der Waals surface area contributed by atoms with E-state index in [1.54, 1.807) is 23.3 Å². The van der Waals surface area contributed by atoms with Crippen LogP contribution in [0.25, 0.3) is 11.1 Å². The molecule has 0 bridgehead atoms. The number of benzene rings is 4. The molecule has 0 N–H and O–H groups in total. The van der Waals surface area contributed by atoms with Gasteiger partial charge in [-0.3, -0.25) is 0 Å². The smallest absolute Gasteiger partial charge is 0.172 e. The summed E-state index contributed by atoms with van der Waals surface area (Å²) in [6.45, 7) is 18.2. The van der Waals surface area contributed by atoms with E-state index in [9.17, 15) is 0 Å². The summed E-state index contributed by atoms with van der Waals surface area (Å²) in [5.74, 6) is 0. The molecule has 0 saturated heterocycles. The van der Waals surface area contributed by atoms with Crippen molar-refractivity contribution in [2.45, 2.75) is 72.6 Å². The van der Waals surface area contributed by atoms with Gasteiger partial charge < -0.3 is 24.8 Å². The predicted molar refractivity (Wildman–Crippen MR) is 180 cm³/mol. The average molecular weight is 715 g/mol. The monoisotopic (exact) mass is 712 g/mol. The second-order valence-electron chi connectivity index (χ2n) is 13.3. The fraction of sp³-hybridized carbons (Fsp3) is 0.275. The molecule has 228 valence electrons. The Morgan fingerprint density at radius 3 is 1.57 bits per heavy atom. The summed E-state index contributed by atoms with van der Waals surface area (Å²) in [7, 11) is 0. The molecule has 0 heterocycles. The van der Waals surface area contributed by atoms with E-state index in [0.29, 0.717) is 0 Å². The van der Waals surface area contributed by atoms with Gasteiger partial charge in [-0.25, -0.2) is 12.1 Å². The second kappa shape index (κ2) is 16.5. The maximum absolute atomic E-state index is 3.69. The van der Waals surface area contributed by atoms with Gasteiger partial charge >= 0.3 is 99.8 Å². The van der Waals surface area contributed by atoms with Gasteiger partial charge in [-0.15, -0.1) is 16.7 Å². The van der Waals surface area contributed by atoms with Crippen molar-refractivity contribution < 1.29 is 48.1 Å². The van der Waals surface area contributed by atoms with E-state index in [0.717, 1.165) is 6.42 Å². The van der Waals surface area contributed by atoms with Crippen LogP contribution in [0.15, 0.2) is 109 Å². The third-order valence-electron chi connectivity index (χ3n) is 7.76. The molecule has 5 aromatic carbocycles. The van der Waals surface area contributed by atoms with Gasteiger partial charge in [-0.1, -0.05) is 71.6 Å². The van der Waals surface area contributed by atoms with Gasteiger partial charge in [0, 0.05) is 0 Å². The first-order chi connectivity index (χ1) is 19.9. The number of rotatable bonds is 2. The Hall–Kier alpha value is -2.09. The Morgan fingerprint density at radius 2 is 1.14 bits per heavy atom. The van der Waals surface area contributed by atoms with Crippen LogP contribution < -0.4 is 35.2 Å². The van der Waals surface area contributed by atoms with E-state index in [1.165, 1.54) is 54.9 Å². The van der Waals surface area contributed by atoms with Crippen LogP contribution in [0.2, 0.25) is 0 Å². The van der Waals surface area contributed by atoms with Gasteiger partial charge in [-0.05, 0) is 35.4 Å². The van der Waals surface area contributed by atoms with E-state index < -0.39 is 5.43 Å². The summed E-state index contributed by atoms with van der Waals surface area (Å²) in [4.78, 5) is 0. The van der Waals surface area contributed by atoms with Crippen molar-refractivity contribution in [3.05, 3.63) is 149 Å². The minimum Gasteiger partial charge on any atom is -0.214 e. The van der Waals surface area contributed by atoms with Crippen LogP contribution in [0.5, 0.6) is 0 Å².